The van der Waals surface area contributed by atoms with E-state index < -0.39 is 24.0 Å². The second kappa shape index (κ2) is 8.41. The molecule has 1 heterocycles. The van der Waals surface area contributed by atoms with Crippen molar-refractivity contribution < 1.29 is 23.8 Å². The monoisotopic (exact) mass is 348 g/mol. The van der Waals surface area contributed by atoms with Crippen LogP contribution in [0.3, 0.4) is 0 Å². The number of hydrogen-bond donors (Lipinski definition) is 2. The molecule has 0 aliphatic carbocycles. The van der Waals surface area contributed by atoms with E-state index in [0.717, 1.165) is 12.8 Å². The first-order valence-electron chi connectivity index (χ1n) is 8.16. The number of esters is 1. The Bertz CT molecular complexity index is 659. The highest BCUT2D eigenvalue weighted by Crippen LogP contribution is 2.35. The normalized spacial score (nSPS) is 19.6. The molecule has 2 atom stereocenters. The summed E-state index contributed by atoms with van der Waals surface area (Å²) in [4.78, 5) is 24.0. The number of rotatable bonds is 7. The van der Waals surface area contributed by atoms with Gasteiger partial charge in [0.15, 0.2) is 11.5 Å². The molecule has 7 nitrogen and oxygen atoms in total. The molecule has 136 valence electrons. The van der Waals surface area contributed by atoms with Crippen LogP contribution in [0.1, 0.15) is 31.4 Å². The molecule has 1 aliphatic rings. The van der Waals surface area contributed by atoms with Gasteiger partial charge in [0.1, 0.15) is 5.92 Å². The van der Waals surface area contributed by atoms with Crippen LogP contribution in [-0.2, 0) is 9.53 Å². The van der Waals surface area contributed by atoms with Crippen molar-refractivity contribution in [2.45, 2.75) is 25.8 Å². The molecule has 25 heavy (non-hydrogen) atoms. The van der Waals surface area contributed by atoms with E-state index in [1.165, 1.54) is 7.11 Å². The predicted molar refractivity (Wildman–Crippen MR) is 92.5 cm³/mol. The first-order valence-corrected chi connectivity index (χ1v) is 8.16. The van der Waals surface area contributed by atoms with E-state index in [1.54, 1.807) is 25.3 Å². The van der Waals surface area contributed by atoms with Crippen molar-refractivity contribution in [2.24, 2.45) is 5.92 Å². The molecule has 0 saturated carbocycles. The number of hydrogen-bond acceptors (Lipinski definition) is 5. The zero-order valence-electron chi connectivity index (χ0n) is 14.8. The Kier molecular flexibility index (Phi) is 6.27. The summed E-state index contributed by atoms with van der Waals surface area (Å²) in [5.41, 5.74) is 0.994. The van der Waals surface area contributed by atoms with Crippen LogP contribution in [0.5, 0.6) is 11.5 Å². The number of nitrogens with one attached hydrogen (secondary N) is 2. The number of ether oxygens (including phenoxy) is 3. The number of urea groups is 1. The average Bonchev–Trinajstić information content (AvgIpc) is 2.60. The van der Waals surface area contributed by atoms with Gasteiger partial charge in [-0.1, -0.05) is 26.0 Å². The molecule has 7 heteroatoms. The lowest BCUT2D eigenvalue weighted by Gasteiger charge is -2.33. The van der Waals surface area contributed by atoms with Crippen LogP contribution in [0.25, 0.3) is 0 Å². The molecule has 1 aromatic carbocycles. The Hall–Kier alpha value is -2.70. The Morgan fingerprint density at radius 2 is 2.04 bits per heavy atom. The van der Waals surface area contributed by atoms with Crippen LogP contribution in [0.4, 0.5) is 4.79 Å². The molecule has 2 rings (SSSR count). The van der Waals surface area contributed by atoms with Crippen molar-refractivity contribution in [2.75, 3.05) is 20.8 Å². The largest absolute Gasteiger partial charge is 0.493 e. The minimum Gasteiger partial charge on any atom is -0.493 e. The number of methoxy groups -OCH3 is 2. The summed E-state index contributed by atoms with van der Waals surface area (Å²) < 4.78 is 16.0. The van der Waals surface area contributed by atoms with Gasteiger partial charge in [0.05, 0.1) is 26.9 Å². The zero-order valence-corrected chi connectivity index (χ0v) is 14.8. The predicted octanol–water partition coefficient (Wildman–Crippen LogP) is 2.53. The maximum absolute atomic E-state index is 12.1. The lowest BCUT2D eigenvalue weighted by Crippen LogP contribution is -2.51. The summed E-state index contributed by atoms with van der Waals surface area (Å²) in [6.45, 7) is 6.45. The van der Waals surface area contributed by atoms with Crippen LogP contribution in [-0.4, -0.2) is 32.8 Å². The topological polar surface area (TPSA) is 85.9 Å². The van der Waals surface area contributed by atoms with Crippen molar-refractivity contribution in [1.82, 2.24) is 10.6 Å². The van der Waals surface area contributed by atoms with Gasteiger partial charge >= 0.3 is 12.0 Å². The second-order valence-electron chi connectivity index (χ2n) is 5.71. The maximum Gasteiger partial charge on any atom is 0.319 e. The van der Waals surface area contributed by atoms with Crippen LogP contribution < -0.4 is 20.1 Å². The van der Waals surface area contributed by atoms with Crippen LogP contribution in [0.15, 0.2) is 30.5 Å². The fraction of sp³-hybridized carbons (Fsp3) is 0.444. The van der Waals surface area contributed by atoms with E-state index in [0.29, 0.717) is 29.4 Å². The van der Waals surface area contributed by atoms with E-state index in [9.17, 15) is 9.59 Å². The summed E-state index contributed by atoms with van der Waals surface area (Å²) >= 11 is 0. The van der Waals surface area contributed by atoms with Gasteiger partial charge in [0.2, 0.25) is 0 Å². The summed E-state index contributed by atoms with van der Waals surface area (Å²) in [5, 5.41) is 5.26. The van der Waals surface area contributed by atoms with Gasteiger partial charge in [-0.3, -0.25) is 4.79 Å². The van der Waals surface area contributed by atoms with Crippen molar-refractivity contribution in [3.63, 3.8) is 0 Å². The van der Waals surface area contributed by atoms with Crippen LogP contribution in [0, 0.1) is 5.92 Å². The lowest BCUT2D eigenvalue weighted by molar-refractivity contribution is -0.145. The molecule has 1 aliphatic heterocycles. The molecule has 1 saturated heterocycles. The maximum atomic E-state index is 12.1. The SMILES string of the molecule is C=C1NC(=O)N[C@@H](c2ccc(OCCCC)c(OC)c2)[C@@H]1C(=O)OC. The Morgan fingerprint density at radius 1 is 1.28 bits per heavy atom. The number of carbonyl (C=O) groups is 2. The molecule has 1 aromatic rings. The smallest absolute Gasteiger partial charge is 0.319 e. The van der Waals surface area contributed by atoms with Gasteiger partial charge in [-0.25, -0.2) is 4.79 Å². The number of carbonyl (C=O) groups excluding carboxylic acids is 2. The lowest BCUT2D eigenvalue weighted by atomic mass is 9.89. The van der Waals surface area contributed by atoms with Gasteiger partial charge in [-0.15, -0.1) is 0 Å². The first kappa shape index (κ1) is 18.6. The van der Waals surface area contributed by atoms with Crippen LogP contribution >= 0.6 is 0 Å². The fourth-order valence-corrected chi connectivity index (χ4v) is 2.69. The van der Waals surface area contributed by atoms with E-state index in [4.69, 9.17) is 14.2 Å². The van der Waals surface area contributed by atoms with Crippen molar-refractivity contribution in [3.05, 3.63) is 36.0 Å². The minimum absolute atomic E-state index is 0.294. The third-order valence-corrected chi connectivity index (χ3v) is 4.03. The highest BCUT2D eigenvalue weighted by atomic mass is 16.5. The number of benzene rings is 1. The third kappa shape index (κ3) is 4.23. The van der Waals surface area contributed by atoms with Crippen molar-refractivity contribution in [3.8, 4) is 11.5 Å². The molecule has 0 aromatic heterocycles. The third-order valence-electron chi connectivity index (χ3n) is 4.03. The molecule has 2 amide bonds. The van der Waals surface area contributed by atoms with Crippen molar-refractivity contribution in [1.29, 1.82) is 0 Å². The zero-order chi connectivity index (χ0) is 18.4. The molecule has 0 bridgehead atoms. The molecule has 2 N–H and O–H groups in total. The quantitative estimate of drug-likeness (QED) is 0.584. The Labute approximate surface area is 147 Å². The van der Waals surface area contributed by atoms with E-state index in [2.05, 4.69) is 24.1 Å². The van der Waals surface area contributed by atoms with Crippen LogP contribution in [0.2, 0.25) is 0 Å². The molecular weight excluding hydrogens is 324 g/mol. The molecule has 0 unspecified atom stereocenters. The Morgan fingerprint density at radius 3 is 2.68 bits per heavy atom. The number of amides is 2. The Balaban J connectivity index is 2.32. The molecular formula is C18H24N2O5. The molecule has 0 spiro atoms. The van der Waals surface area contributed by atoms with Gasteiger partial charge in [-0.05, 0) is 24.1 Å². The van der Waals surface area contributed by atoms with E-state index in [-0.39, 0.29) is 0 Å². The van der Waals surface area contributed by atoms with E-state index >= 15 is 0 Å². The summed E-state index contributed by atoms with van der Waals surface area (Å²) in [5.74, 6) is -0.0620. The highest BCUT2D eigenvalue weighted by molar-refractivity contribution is 5.85. The first-order chi connectivity index (χ1) is 12.0. The number of unbranched alkanes of at least 4 members (excludes halogenated alkanes) is 1. The summed E-state index contributed by atoms with van der Waals surface area (Å²) in [7, 11) is 2.85. The average molecular weight is 348 g/mol. The summed E-state index contributed by atoms with van der Waals surface area (Å²) in [6, 6.07) is 4.30. The minimum atomic E-state index is -0.737. The van der Waals surface area contributed by atoms with Gasteiger partial charge in [-0.2, -0.15) is 0 Å². The van der Waals surface area contributed by atoms with E-state index in [1.807, 2.05) is 0 Å². The second-order valence-corrected chi connectivity index (χ2v) is 5.71. The van der Waals surface area contributed by atoms with Gasteiger partial charge in [0.25, 0.3) is 0 Å². The highest BCUT2D eigenvalue weighted by Gasteiger charge is 2.38. The molecule has 0 radical (unpaired) electrons. The standard InChI is InChI=1S/C18H24N2O5/c1-5-6-9-25-13-8-7-12(10-14(13)23-3)16-15(17(21)24-4)11(2)19-18(22)20-16/h7-8,10,15-16H,2,5-6,9H2,1,3-4H3,(H2,19,20,22)/t15-,16+/m1/s1. The van der Waals surface area contributed by atoms with Gasteiger partial charge in [0, 0.05) is 5.70 Å². The fourth-order valence-electron chi connectivity index (χ4n) is 2.69. The van der Waals surface area contributed by atoms with Gasteiger partial charge < -0.3 is 24.8 Å². The summed E-state index contributed by atoms with van der Waals surface area (Å²) in [6.07, 6.45) is 1.98. The molecule has 1 fully saturated rings. The van der Waals surface area contributed by atoms with Crippen molar-refractivity contribution >= 4 is 12.0 Å².